The molecule has 100 valence electrons. The number of nitro benzene ring substituents is 1. The first kappa shape index (κ1) is 14.4. The highest BCUT2D eigenvalue weighted by Crippen LogP contribution is 2.28. The largest absolute Gasteiger partial charge is 0.492 e. The lowest BCUT2D eigenvalue weighted by molar-refractivity contribution is -0.385. The molecule has 0 fully saturated rings. The molecule has 0 spiro atoms. The highest BCUT2D eigenvalue weighted by molar-refractivity contribution is 5.95. The molecule has 0 radical (unpaired) electrons. The molecule has 0 aliphatic carbocycles. The Bertz CT molecular complexity index is 521. The van der Waals surface area contributed by atoms with E-state index in [1.807, 2.05) is 6.07 Å². The average molecular weight is 264 g/mol. The summed E-state index contributed by atoms with van der Waals surface area (Å²) in [6, 6.07) is 5.84. The molecule has 0 amide bonds. The molecule has 0 aromatic heterocycles. The van der Waals surface area contributed by atoms with Gasteiger partial charge in [0.25, 0.3) is 5.69 Å². The summed E-state index contributed by atoms with van der Waals surface area (Å²) in [6.07, 6.45) is 1.60. The van der Waals surface area contributed by atoms with Gasteiger partial charge in [-0.05, 0) is 18.9 Å². The molecule has 0 heterocycles. The van der Waals surface area contributed by atoms with Gasteiger partial charge in [0.15, 0.2) is 5.56 Å². The van der Waals surface area contributed by atoms with E-state index in [4.69, 9.17) is 15.1 Å². The van der Waals surface area contributed by atoms with Gasteiger partial charge in [-0.15, -0.1) is 0 Å². The molecule has 0 bridgehead atoms. The summed E-state index contributed by atoms with van der Waals surface area (Å²) in [4.78, 5) is 21.0. The first-order valence-electron chi connectivity index (χ1n) is 5.58. The maximum absolute atomic E-state index is 11.1. The van der Waals surface area contributed by atoms with Crippen LogP contribution in [0, 0.1) is 21.4 Å². The lowest BCUT2D eigenvalue weighted by Gasteiger charge is -2.08. The van der Waals surface area contributed by atoms with Crippen LogP contribution in [0.15, 0.2) is 18.2 Å². The second-order valence-electron chi connectivity index (χ2n) is 3.68. The monoisotopic (exact) mass is 264 g/mol. The second-order valence-corrected chi connectivity index (χ2v) is 3.68. The molecule has 1 aromatic rings. The fourth-order valence-electron chi connectivity index (χ4n) is 1.50. The Hall–Kier alpha value is -2.62. The maximum atomic E-state index is 11.1. The van der Waals surface area contributed by atoms with Gasteiger partial charge < -0.3 is 9.84 Å². The smallest absolute Gasteiger partial charge is 0.346 e. The number of nitrogens with zero attached hydrogens (tertiary/aromatic N) is 2. The Balaban J connectivity index is 2.83. The van der Waals surface area contributed by atoms with Gasteiger partial charge in [-0.1, -0.05) is 6.07 Å². The normalized spacial score (nSPS) is 9.63. The first-order valence-corrected chi connectivity index (χ1v) is 5.58. The van der Waals surface area contributed by atoms with Crippen molar-refractivity contribution in [1.29, 1.82) is 5.26 Å². The van der Waals surface area contributed by atoms with Gasteiger partial charge in [0.1, 0.15) is 5.75 Å². The number of carbonyl (C=O) groups is 1. The van der Waals surface area contributed by atoms with Crippen molar-refractivity contribution in [3.05, 3.63) is 33.9 Å². The predicted molar refractivity (Wildman–Crippen MR) is 65.0 cm³/mol. The van der Waals surface area contributed by atoms with Crippen LogP contribution in [0.3, 0.4) is 0 Å². The molecule has 0 saturated carbocycles. The predicted octanol–water partition coefficient (Wildman–Crippen LogP) is 2.37. The third kappa shape index (κ3) is 3.96. The van der Waals surface area contributed by atoms with Crippen LogP contribution in [0.1, 0.15) is 29.6 Å². The van der Waals surface area contributed by atoms with Crippen molar-refractivity contribution >= 4 is 11.7 Å². The van der Waals surface area contributed by atoms with Crippen molar-refractivity contribution in [3.8, 4) is 11.8 Å². The summed E-state index contributed by atoms with van der Waals surface area (Å²) in [5.74, 6) is -1.43. The van der Waals surface area contributed by atoms with Crippen LogP contribution in [0.25, 0.3) is 0 Å². The number of carboxylic acids is 1. The van der Waals surface area contributed by atoms with E-state index in [-0.39, 0.29) is 12.4 Å². The Morgan fingerprint density at radius 2 is 2.21 bits per heavy atom. The summed E-state index contributed by atoms with van der Waals surface area (Å²) in [7, 11) is 0. The quantitative estimate of drug-likeness (QED) is 0.459. The Morgan fingerprint density at radius 1 is 1.47 bits per heavy atom. The summed E-state index contributed by atoms with van der Waals surface area (Å²) >= 11 is 0. The van der Waals surface area contributed by atoms with Gasteiger partial charge in [-0.25, -0.2) is 4.79 Å². The first-order chi connectivity index (χ1) is 9.07. The van der Waals surface area contributed by atoms with E-state index in [1.165, 1.54) is 12.1 Å². The van der Waals surface area contributed by atoms with Crippen LogP contribution in [0.5, 0.6) is 5.75 Å². The molecule has 0 atom stereocenters. The summed E-state index contributed by atoms with van der Waals surface area (Å²) < 4.78 is 5.24. The minimum atomic E-state index is -1.40. The number of ether oxygens (including phenoxy) is 1. The van der Waals surface area contributed by atoms with Crippen LogP contribution in [-0.4, -0.2) is 22.6 Å². The van der Waals surface area contributed by atoms with E-state index in [2.05, 4.69) is 0 Å². The molecule has 1 aromatic carbocycles. The molecular weight excluding hydrogens is 252 g/mol. The third-order valence-electron chi connectivity index (χ3n) is 2.36. The Morgan fingerprint density at radius 3 is 2.79 bits per heavy atom. The van der Waals surface area contributed by atoms with E-state index in [0.29, 0.717) is 19.3 Å². The number of aromatic carboxylic acids is 1. The van der Waals surface area contributed by atoms with E-state index in [9.17, 15) is 14.9 Å². The minimum absolute atomic E-state index is 0.0290. The van der Waals surface area contributed by atoms with Gasteiger partial charge in [-0.3, -0.25) is 10.1 Å². The molecule has 0 unspecified atom stereocenters. The second kappa shape index (κ2) is 6.96. The number of nitriles is 1. The van der Waals surface area contributed by atoms with Crippen molar-refractivity contribution in [2.45, 2.75) is 19.3 Å². The van der Waals surface area contributed by atoms with E-state index >= 15 is 0 Å². The lowest BCUT2D eigenvalue weighted by Crippen LogP contribution is -2.07. The van der Waals surface area contributed by atoms with Gasteiger partial charge in [0.05, 0.1) is 17.6 Å². The number of carboxylic acid groups (broad SMARTS) is 1. The number of hydrogen-bond acceptors (Lipinski definition) is 5. The molecular formula is C12H12N2O5. The van der Waals surface area contributed by atoms with Crippen molar-refractivity contribution < 1.29 is 19.6 Å². The fraction of sp³-hybridized carbons (Fsp3) is 0.333. The van der Waals surface area contributed by atoms with Gasteiger partial charge in [0, 0.05) is 12.5 Å². The van der Waals surface area contributed by atoms with Gasteiger partial charge in [0.2, 0.25) is 0 Å². The van der Waals surface area contributed by atoms with Crippen molar-refractivity contribution in [1.82, 2.24) is 0 Å². The summed E-state index contributed by atoms with van der Waals surface area (Å²) in [5.41, 5.74) is -0.949. The van der Waals surface area contributed by atoms with Crippen LogP contribution >= 0.6 is 0 Å². The fourth-order valence-corrected chi connectivity index (χ4v) is 1.50. The van der Waals surface area contributed by atoms with Crippen molar-refractivity contribution in [2.24, 2.45) is 0 Å². The molecule has 0 aliphatic rings. The topological polar surface area (TPSA) is 113 Å². The zero-order valence-corrected chi connectivity index (χ0v) is 10.0. The Labute approximate surface area is 109 Å². The molecule has 19 heavy (non-hydrogen) atoms. The molecule has 7 heteroatoms. The summed E-state index contributed by atoms with van der Waals surface area (Å²) in [5, 5.41) is 28.1. The molecule has 7 nitrogen and oxygen atoms in total. The van der Waals surface area contributed by atoms with E-state index in [1.54, 1.807) is 0 Å². The highest BCUT2D eigenvalue weighted by Gasteiger charge is 2.24. The average Bonchev–Trinajstić information content (AvgIpc) is 2.37. The molecule has 0 aliphatic heterocycles. The number of hydrogen-bond donors (Lipinski definition) is 1. The number of benzene rings is 1. The van der Waals surface area contributed by atoms with Crippen LogP contribution < -0.4 is 4.74 Å². The highest BCUT2D eigenvalue weighted by atomic mass is 16.6. The lowest BCUT2D eigenvalue weighted by atomic mass is 10.1. The number of rotatable bonds is 7. The zero-order chi connectivity index (χ0) is 14.3. The van der Waals surface area contributed by atoms with Crippen LogP contribution in [-0.2, 0) is 0 Å². The molecule has 1 rings (SSSR count). The number of nitro groups is 1. The van der Waals surface area contributed by atoms with Gasteiger partial charge >= 0.3 is 5.97 Å². The third-order valence-corrected chi connectivity index (χ3v) is 2.36. The van der Waals surface area contributed by atoms with Crippen LogP contribution in [0.2, 0.25) is 0 Å². The zero-order valence-electron chi connectivity index (χ0n) is 10.0. The number of unbranched alkanes of at least 4 members (excludes halogenated alkanes) is 2. The van der Waals surface area contributed by atoms with Crippen LogP contribution in [0.4, 0.5) is 5.69 Å². The van der Waals surface area contributed by atoms with E-state index < -0.39 is 22.1 Å². The van der Waals surface area contributed by atoms with Gasteiger partial charge in [-0.2, -0.15) is 5.26 Å². The Kier molecular flexibility index (Phi) is 5.29. The SMILES string of the molecule is N#CCCCCOc1cccc([N+](=O)[O-])c1C(=O)O. The molecule has 1 N–H and O–H groups in total. The van der Waals surface area contributed by atoms with Crippen molar-refractivity contribution in [3.63, 3.8) is 0 Å². The minimum Gasteiger partial charge on any atom is -0.492 e. The molecule has 0 saturated heterocycles. The van der Waals surface area contributed by atoms with E-state index in [0.717, 1.165) is 6.07 Å². The maximum Gasteiger partial charge on any atom is 0.346 e. The van der Waals surface area contributed by atoms with Crippen molar-refractivity contribution in [2.75, 3.05) is 6.61 Å². The summed E-state index contributed by atoms with van der Waals surface area (Å²) in [6.45, 7) is 0.211. The standard InChI is InChI=1S/C12H12N2O5/c13-7-2-1-3-8-19-10-6-4-5-9(14(17)18)11(10)12(15)16/h4-6H,1-3,8H2,(H,15,16).